The summed E-state index contributed by atoms with van der Waals surface area (Å²) in [5.74, 6) is -0.324. The third kappa shape index (κ3) is 4.37. The molecular formula is C21H20Cl2N4O3. The first-order valence-electron chi connectivity index (χ1n) is 9.58. The van der Waals surface area contributed by atoms with Crippen LogP contribution in [0.2, 0.25) is 10.0 Å². The highest BCUT2D eigenvalue weighted by Crippen LogP contribution is 2.26. The number of hydrogen-bond acceptors (Lipinski definition) is 3. The van der Waals surface area contributed by atoms with E-state index in [0.717, 1.165) is 5.56 Å². The molecule has 2 fully saturated rings. The first-order valence-corrected chi connectivity index (χ1v) is 10.3. The molecule has 7 nitrogen and oxygen atoms in total. The molecule has 0 spiro atoms. The Hall–Kier alpha value is -2.77. The highest BCUT2D eigenvalue weighted by Gasteiger charge is 2.46. The first-order chi connectivity index (χ1) is 14.4. The maximum atomic E-state index is 12.9. The Bertz CT molecular complexity index is 985. The van der Waals surface area contributed by atoms with Crippen LogP contribution < -0.4 is 16.0 Å². The van der Waals surface area contributed by atoms with Crippen LogP contribution in [0.15, 0.2) is 48.5 Å². The second-order valence-corrected chi connectivity index (χ2v) is 8.26. The number of carbonyl (C=O) groups is 3. The molecule has 2 aliphatic rings. The van der Waals surface area contributed by atoms with E-state index in [-0.39, 0.29) is 24.4 Å². The standard InChI is InChI=1S/C21H20Cl2N4O3/c22-13-6-7-16(15(23)9-13)26-21(30)24-14-10-18-19(28)25-17(20(29)27(18)11-14)8-12-4-2-1-3-5-12/h1-7,9,14,17-18H,8,10-11H2,(H,25,28)(H2,24,26,30)/t14-,17-,18-/m0/s1. The predicted octanol–water partition coefficient (Wildman–Crippen LogP) is 2.83. The number of piperazine rings is 1. The van der Waals surface area contributed by atoms with E-state index in [0.29, 0.717) is 28.6 Å². The topological polar surface area (TPSA) is 90.5 Å². The molecule has 0 saturated carbocycles. The fourth-order valence-corrected chi connectivity index (χ4v) is 4.34. The molecule has 2 aromatic carbocycles. The van der Waals surface area contributed by atoms with Gasteiger partial charge in [0.05, 0.1) is 16.8 Å². The summed E-state index contributed by atoms with van der Waals surface area (Å²) in [7, 11) is 0. The quantitative estimate of drug-likeness (QED) is 0.674. The Labute approximate surface area is 183 Å². The van der Waals surface area contributed by atoms with Gasteiger partial charge >= 0.3 is 6.03 Å². The van der Waals surface area contributed by atoms with Gasteiger partial charge in [0, 0.05) is 18.0 Å². The minimum atomic E-state index is -0.600. The van der Waals surface area contributed by atoms with Crippen LogP contribution in [-0.2, 0) is 16.0 Å². The smallest absolute Gasteiger partial charge is 0.319 e. The number of fused-ring (bicyclic) bond motifs is 1. The maximum Gasteiger partial charge on any atom is 0.319 e. The van der Waals surface area contributed by atoms with Gasteiger partial charge in [0.25, 0.3) is 0 Å². The predicted molar refractivity (Wildman–Crippen MR) is 115 cm³/mol. The number of carbonyl (C=O) groups excluding carboxylic acids is 3. The lowest BCUT2D eigenvalue weighted by atomic mass is 10.0. The number of benzene rings is 2. The van der Waals surface area contributed by atoms with Crippen molar-refractivity contribution in [2.75, 3.05) is 11.9 Å². The molecule has 0 bridgehead atoms. The van der Waals surface area contributed by atoms with Gasteiger partial charge < -0.3 is 20.9 Å². The summed E-state index contributed by atoms with van der Waals surface area (Å²) in [5.41, 5.74) is 1.40. The van der Waals surface area contributed by atoms with Crippen molar-refractivity contribution in [3.8, 4) is 0 Å². The minimum Gasteiger partial charge on any atom is -0.342 e. The van der Waals surface area contributed by atoms with Gasteiger partial charge in [-0.2, -0.15) is 0 Å². The number of rotatable bonds is 4. The van der Waals surface area contributed by atoms with E-state index >= 15 is 0 Å². The molecule has 0 radical (unpaired) electrons. The molecule has 0 aliphatic carbocycles. The molecule has 0 aromatic heterocycles. The van der Waals surface area contributed by atoms with Gasteiger partial charge in [-0.25, -0.2) is 4.79 Å². The van der Waals surface area contributed by atoms with Crippen molar-refractivity contribution in [1.29, 1.82) is 0 Å². The zero-order valence-electron chi connectivity index (χ0n) is 15.9. The average Bonchev–Trinajstić information content (AvgIpc) is 3.13. The number of nitrogens with zero attached hydrogens (tertiary/aromatic N) is 1. The molecule has 4 amide bonds. The Morgan fingerprint density at radius 2 is 1.90 bits per heavy atom. The van der Waals surface area contributed by atoms with Gasteiger partial charge in [-0.3, -0.25) is 9.59 Å². The molecule has 156 valence electrons. The third-order valence-electron chi connectivity index (χ3n) is 5.30. The van der Waals surface area contributed by atoms with Crippen LogP contribution in [-0.4, -0.2) is 47.4 Å². The van der Waals surface area contributed by atoms with Crippen LogP contribution in [0.5, 0.6) is 0 Å². The van der Waals surface area contributed by atoms with Crippen LogP contribution in [0.25, 0.3) is 0 Å². The zero-order valence-corrected chi connectivity index (χ0v) is 17.4. The van der Waals surface area contributed by atoms with Crippen molar-refractivity contribution in [3.05, 3.63) is 64.1 Å². The molecule has 2 aromatic rings. The van der Waals surface area contributed by atoms with Gasteiger partial charge in [0.2, 0.25) is 11.8 Å². The van der Waals surface area contributed by atoms with E-state index in [1.807, 2.05) is 30.3 Å². The summed E-state index contributed by atoms with van der Waals surface area (Å²) in [6, 6.07) is 12.3. The summed E-state index contributed by atoms with van der Waals surface area (Å²) < 4.78 is 0. The van der Waals surface area contributed by atoms with Crippen LogP contribution in [0.3, 0.4) is 0 Å². The Kier molecular flexibility index (Phi) is 5.83. The van der Waals surface area contributed by atoms with E-state index in [4.69, 9.17) is 23.2 Å². The van der Waals surface area contributed by atoms with E-state index in [2.05, 4.69) is 16.0 Å². The molecular weight excluding hydrogens is 427 g/mol. The molecule has 30 heavy (non-hydrogen) atoms. The monoisotopic (exact) mass is 446 g/mol. The summed E-state index contributed by atoms with van der Waals surface area (Å²) in [6.45, 7) is 0.282. The van der Waals surface area contributed by atoms with Crippen molar-refractivity contribution < 1.29 is 14.4 Å². The third-order valence-corrected chi connectivity index (χ3v) is 5.85. The molecule has 2 aliphatic heterocycles. The van der Waals surface area contributed by atoms with E-state index in [1.165, 1.54) is 6.07 Å². The number of urea groups is 1. The summed E-state index contributed by atoms with van der Waals surface area (Å²) >= 11 is 11.9. The molecule has 3 N–H and O–H groups in total. The van der Waals surface area contributed by atoms with Crippen molar-refractivity contribution >= 4 is 46.7 Å². The molecule has 4 rings (SSSR count). The van der Waals surface area contributed by atoms with Crippen LogP contribution in [0.1, 0.15) is 12.0 Å². The molecule has 2 heterocycles. The number of anilines is 1. The highest BCUT2D eigenvalue weighted by atomic mass is 35.5. The lowest BCUT2D eigenvalue weighted by Gasteiger charge is -2.34. The zero-order chi connectivity index (χ0) is 21.3. The van der Waals surface area contributed by atoms with Crippen molar-refractivity contribution in [3.63, 3.8) is 0 Å². The maximum absolute atomic E-state index is 12.9. The Balaban J connectivity index is 1.38. The fraction of sp³-hybridized carbons (Fsp3) is 0.286. The number of halogens is 2. The molecule has 3 atom stereocenters. The van der Waals surface area contributed by atoms with Crippen LogP contribution >= 0.6 is 23.2 Å². The lowest BCUT2D eigenvalue weighted by Crippen LogP contribution is -2.61. The Morgan fingerprint density at radius 1 is 1.13 bits per heavy atom. The lowest BCUT2D eigenvalue weighted by molar-refractivity contribution is -0.147. The van der Waals surface area contributed by atoms with Crippen molar-refractivity contribution in [2.45, 2.75) is 31.0 Å². The summed E-state index contributed by atoms with van der Waals surface area (Å²) in [6.07, 6.45) is 0.791. The SMILES string of the molecule is O=C(Nc1ccc(Cl)cc1Cl)N[C@H]1C[C@H]2C(=O)N[C@@H](Cc3ccccc3)C(=O)N2C1. The highest BCUT2D eigenvalue weighted by molar-refractivity contribution is 6.36. The van der Waals surface area contributed by atoms with Gasteiger partial charge in [0.1, 0.15) is 12.1 Å². The normalized spacial score (nSPS) is 23.0. The second-order valence-electron chi connectivity index (χ2n) is 7.41. The second kappa shape index (κ2) is 8.53. The van der Waals surface area contributed by atoms with Gasteiger partial charge in [0.15, 0.2) is 0 Å². The van der Waals surface area contributed by atoms with Crippen LogP contribution in [0.4, 0.5) is 10.5 Å². The fourth-order valence-electron chi connectivity index (χ4n) is 3.89. The van der Waals surface area contributed by atoms with Gasteiger partial charge in [-0.1, -0.05) is 53.5 Å². The Morgan fingerprint density at radius 3 is 2.63 bits per heavy atom. The largest absolute Gasteiger partial charge is 0.342 e. The number of hydrogen-bond donors (Lipinski definition) is 3. The van der Waals surface area contributed by atoms with E-state index in [1.54, 1.807) is 17.0 Å². The summed E-state index contributed by atoms with van der Waals surface area (Å²) in [4.78, 5) is 39.4. The number of nitrogens with one attached hydrogen (secondary N) is 3. The number of amides is 4. The van der Waals surface area contributed by atoms with Gasteiger partial charge in [-0.05, 0) is 30.2 Å². The molecule has 2 saturated heterocycles. The van der Waals surface area contributed by atoms with Crippen LogP contribution in [0, 0.1) is 0 Å². The molecule has 0 unspecified atom stereocenters. The van der Waals surface area contributed by atoms with Crippen molar-refractivity contribution in [2.24, 2.45) is 0 Å². The first kappa shape index (κ1) is 20.5. The minimum absolute atomic E-state index is 0.131. The summed E-state index contributed by atoms with van der Waals surface area (Å²) in [5, 5.41) is 9.09. The van der Waals surface area contributed by atoms with Gasteiger partial charge in [-0.15, -0.1) is 0 Å². The van der Waals surface area contributed by atoms with E-state index in [9.17, 15) is 14.4 Å². The van der Waals surface area contributed by atoms with Crippen molar-refractivity contribution in [1.82, 2.24) is 15.5 Å². The van der Waals surface area contributed by atoms with E-state index < -0.39 is 18.1 Å². The average molecular weight is 447 g/mol. The molecule has 9 heteroatoms.